The van der Waals surface area contributed by atoms with Crippen LogP contribution >= 0.6 is 23.2 Å². The number of nitrogens with zero attached hydrogens (tertiary/aromatic N) is 2. The van der Waals surface area contributed by atoms with E-state index in [4.69, 9.17) is 32.7 Å². The molecule has 2 aromatic carbocycles. The second-order valence-corrected chi connectivity index (χ2v) is 10.1. The predicted octanol–water partition coefficient (Wildman–Crippen LogP) is 4.84. The average molecular weight is 537 g/mol. The third-order valence-electron chi connectivity index (χ3n) is 6.49. The number of hydrogen-bond donors (Lipinski definition) is 1. The van der Waals surface area contributed by atoms with Crippen LogP contribution in [0.2, 0.25) is 10.0 Å². The van der Waals surface area contributed by atoms with Crippen LogP contribution in [-0.4, -0.2) is 81.4 Å². The summed E-state index contributed by atoms with van der Waals surface area (Å²) < 4.78 is 11.1. The van der Waals surface area contributed by atoms with E-state index in [-0.39, 0.29) is 18.4 Å². The Kier molecular flexibility index (Phi) is 12.5. The monoisotopic (exact) mass is 535 g/mol. The molecule has 0 unspecified atom stereocenters. The fraction of sp³-hybridized carbons (Fsp3) is 0.536. The number of benzene rings is 2. The molecule has 8 heteroatoms. The second-order valence-electron chi connectivity index (χ2n) is 9.28. The van der Waals surface area contributed by atoms with Crippen molar-refractivity contribution < 1.29 is 14.3 Å². The molecule has 0 aliphatic carbocycles. The van der Waals surface area contributed by atoms with Crippen molar-refractivity contribution in [1.29, 1.82) is 0 Å². The molecule has 1 saturated heterocycles. The zero-order chi connectivity index (χ0) is 25.8. The lowest BCUT2D eigenvalue weighted by molar-refractivity contribution is -0.131. The van der Waals surface area contributed by atoms with Gasteiger partial charge in [-0.15, -0.1) is 0 Å². The summed E-state index contributed by atoms with van der Waals surface area (Å²) in [5.74, 6) is 0.0520. The molecule has 0 radical (unpaired) electrons. The number of rotatable bonds is 15. The summed E-state index contributed by atoms with van der Waals surface area (Å²) >= 11 is 12.2. The van der Waals surface area contributed by atoms with E-state index in [2.05, 4.69) is 29.3 Å². The first kappa shape index (κ1) is 28.9. The summed E-state index contributed by atoms with van der Waals surface area (Å²) in [5.41, 5.74) is 2.00. The lowest BCUT2D eigenvalue weighted by Gasteiger charge is -2.32. The van der Waals surface area contributed by atoms with Crippen molar-refractivity contribution in [3.05, 3.63) is 69.7 Å². The SMILES string of the molecule is CCCOCCOCCN[C@H]1CCN(C[C@H](c2ccccc2)N(C)C(=O)Cc2ccc(Cl)c(Cl)c2)C1. The second kappa shape index (κ2) is 15.6. The Morgan fingerprint density at radius 1 is 1.08 bits per heavy atom. The van der Waals surface area contributed by atoms with Gasteiger partial charge in [-0.25, -0.2) is 0 Å². The smallest absolute Gasteiger partial charge is 0.227 e. The fourth-order valence-electron chi connectivity index (χ4n) is 4.46. The summed E-state index contributed by atoms with van der Waals surface area (Å²) in [4.78, 5) is 17.6. The normalized spacial score (nSPS) is 16.8. The molecule has 1 N–H and O–H groups in total. The van der Waals surface area contributed by atoms with Crippen LogP contribution < -0.4 is 5.32 Å². The van der Waals surface area contributed by atoms with Gasteiger partial charge in [-0.1, -0.05) is 66.5 Å². The van der Waals surface area contributed by atoms with Crippen LogP contribution in [0.15, 0.2) is 48.5 Å². The zero-order valence-corrected chi connectivity index (χ0v) is 22.9. The number of hydrogen-bond acceptors (Lipinski definition) is 5. The highest BCUT2D eigenvalue weighted by molar-refractivity contribution is 6.42. The van der Waals surface area contributed by atoms with Crippen LogP contribution in [-0.2, 0) is 20.7 Å². The topological polar surface area (TPSA) is 54.0 Å². The number of amides is 1. The molecule has 2 atom stereocenters. The summed E-state index contributed by atoms with van der Waals surface area (Å²) in [6.07, 6.45) is 2.40. The van der Waals surface area contributed by atoms with E-state index in [0.29, 0.717) is 35.9 Å². The maximum absolute atomic E-state index is 13.2. The van der Waals surface area contributed by atoms with Crippen molar-refractivity contribution >= 4 is 29.1 Å². The van der Waals surface area contributed by atoms with Crippen LogP contribution in [0, 0.1) is 0 Å². The Balaban J connectivity index is 1.51. The lowest BCUT2D eigenvalue weighted by Crippen LogP contribution is -2.41. The fourth-order valence-corrected chi connectivity index (χ4v) is 4.78. The van der Waals surface area contributed by atoms with Crippen molar-refractivity contribution in [1.82, 2.24) is 15.1 Å². The Labute approximate surface area is 225 Å². The Morgan fingerprint density at radius 2 is 1.83 bits per heavy atom. The average Bonchev–Trinajstić information content (AvgIpc) is 3.34. The number of nitrogens with one attached hydrogen (secondary N) is 1. The minimum absolute atomic E-state index is 0.0355. The number of likely N-dealkylation sites (N-methyl/N-ethyl adjacent to an activating group) is 1. The van der Waals surface area contributed by atoms with Crippen LogP contribution in [0.1, 0.15) is 36.9 Å². The minimum atomic E-state index is -0.0355. The van der Waals surface area contributed by atoms with Gasteiger partial charge in [-0.2, -0.15) is 0 Å². The molecule has 1 amide bonds. The van der Waals surface area contributed by atoms with Gasteiger partial charge >= 0.3 is 0 Å². The molecular weight excluding hydrogens is 497 g/mol. The summed E-state index contributed by atoms with van der Waals surface area (Å²) in [5, 5.41) is 4.57. The highest BCUT2D eigenvalue weighted by Crippen LogP contribution is 2.26. The molecule has 1 fully saturated rings. The Bertz CT molecular complexity index is 932. The molecule has 2 aromatic rings. The molecule has 36 heavy (non-hydrogen) atoms. The van der Waals surface area contributed by atoms with Gasteiger partial charge in [0.15, 0.2) is 0 Å². The van der Waals surface area contributed by atoms with Crippen LogP contribution in [0.25, 0.3) is 0 Å². The van der Waals surface area contributed by atoms with Gasteiger partial charge in [0.2, 0.25) is 5.91 Å². The zero-order valence-electron chi connectivity index (χ0n) is 21.4. The van der Waals surface area contributed by atoms with E-state index in [1.807, 2.05) is 36.2 Å². The van der Waals surface area contributed by atoms with Gasteiger partial charge in [0, 0.05) is 39.3 Å². The quantitative estimate of drug-likeness (QED) is 0.330. The number of carbonyl (C=O) groups is 1. The lowest BCUT2D eigenvalue weighted by atomic mass is 10.0. The van der Waals surface area contributed by atoms with E-state index >= 15 is 0 Å². The molecular formula is C28H39Cl2N3O3. The Hall–Kier alpha value is -1.67. The van der Waals surface area contributed by atoms with E-state index in [1.54, 1.807) is 12.1 Å². The van der Waals surface area contributed by atoms with Crippen LogP contribution in [0.4, 0.5) is 0 Å². The molecule has 6 nitrogen and oxygen atoms in total. The first-order chi connectivity index (χ1) is 17.5. The first-order valence-corrected chi connectivity index (χ1v) is 13.6. The highest BCUT2D eigenvalue weighted by atomic mass is 35.5. The number of halogens is 2. The van der Waals surface area contributed by atoms with E-state index in [0.717, 1.165) is 56.8 Å². The van der Waals surface area contributed by atoms with Gasteiger partial charge in [0.25, 0.3) is 0 Å². The van der Waals surface area contributed by atoms with Crippen molar-refractivity contribution in [3.63, 3.8) is 0 Å². The van der Waals surface area contributed by atoms with E-state index in [1.165, 1.54) is 0 Å². The van der Waals surface area contributed by atoms with Crippen molar-refractivity contribution in [2.75, 3.05) is 59.7 Å². The molecule has 0 aromatic heterocycles. The molecule has 0 bridgehead atoms. The van der Waals surface area contributed by atoms with Crippen molar-refractivity contribution in [2.24, 2.45) is 0 Å². The predicted molar refractivity (Wildman–Crippen MR) is 147 cm³/mol. The molecule has 1 aliphatic rings. The minimum Gasteiger partial charge on any atom is -0.379 e. The molecule has 0 saturated carbocycles. The highest BCUT2D eigenvalue weighted by Gasteiger charge is 2.28. The number of ether oxygens (including phenoxy) is 2. The van der Waals surface area contributed by atoms with Crippen molar-refractivity contribution in [3.8, 4) is 0 Å². The number of carbonyl (C=O) groups excluding carboxylic acids is 1. The molecule has 0 spiro atoms. The Morgan fingerprint density at radius 3 is 2.56 bits per heavy atom. The molecule has 3 rings (SSSR count). The largest absolute Gasteiger partial charge is 0.379 e. The standard InChI is InChI=1S/C28H39Cl2N3O3/c1-3-14-35-16-17-36-15-12-31-24-11-13-33(20-24)21-27(23-7-5-4-6-8-23)32(2)28(34)19-22-9-10-25(29)26(30)18-22/h4-10,18,24,27,31H,3,11-17,19-21H2,1-2H3/t24-,27+/m0/s1. The molecule has 1 heterocycles. The number of likely N-dealkylation sites (tertiary alicyclic amines) is 1. The van der Waals surface area contributed by atoms with Gasteiger partial charge in [0.1, 0.15) is 0 Å². The van der Waals surface area contributed by atoms with Crippen LogP contribution in [0.5, 0.6) is 0 Å². The van der Waals surface area contributed by atoms with Gasteiger partial charge in [-0.05, 0) is 42.6 Å². The summed E-state index contributed by atoms with van der Waals surface area (Å²) in [7, 11) is 1.89. The maximum Gasteiger partial charge on any atom is 0.227 e. The summed E-state index contributed by atoms with van der Waals surface area (Å²) in [6, 6.07) is 16.0. The van der Waals surface area contributed by atoms with E-state index in [9.17, 15) is 4.79 Å². The van der Waals surface area contributed by atoms with Crippen LogP contribution in [0.3, 0.4) is 0 Å². The van der Waals surface area contributed by atoms with Gasteiger partial charge in [0.05, 0.1) is 42.3 Å². The van der Waals surface area contributed by atoms with Gasteiger partial charge in [-0.3, -0.25) is 9.69 Å². The first-order valence-electron chi connectivity index (χ1n) is 12.8. The van der Waals surface area contributed by atoms with Crippen molar-refractivity contribution in [2.45, 2.75) is 38.3 Å². The summed E-state index contributed by atoms with van der Waals surface area (Å²) in [6.45, 7) is 8.45. The molecule has 1 aliphatic heterocycles. The maximum atomic E-state index is 13.2. The van der Waals surface area contributed by atoms with Gasteiger partial charge < -0.3 is 19.7 Å². The molecule has 198 valence electrons. The van der Waals surface area contributed by atoms with E-state index < -0.39 is 0 Å². The third-order valence-corrected chi connectivity index (χ3v) is 7.23. The third kappa shape index (κ3) is 9.33.